The topological polar surface area (TPSA) is 67.8 Å². The highest BCUT2D eigenvalue weighted by Crippen LogP contribution is 2.25. The number of anilines is 1. The molecule has 3 heterocycles. The first kappa shape index (κ1) is 13.1. The number of carbonyl (C=O) groups excluding carboxylic acids is 1. The fraction of sp³-hybridized carbons (Fsp3) is 0.615. The van der Waals surface area contributed by atoms with Crippen LogP contribution in [-0.4, -0.2) is 67.3 Å². The first-order chi connectivity index (χ1) is 9.78. The molecule has 2 aliphatic rings. The predicted molar refractivity (Wildman–Crippen MR) is 71.7 cm³/mol. The zero-order valence-corrected chi connectivity index (χ0v) is 11.5. The molecule has 2 aliphatic heterocycles. The van der Waals surface area contributed by atoms with E-state index >= 15 is 0 Å². The van der Waals surface area contributed by atoms with Crippen molar-refractivity contribution >= 4 is 11.7 Å². The van der Waals surface area contributed by atoms with Crippen LogP contribution in [0.2, 0.25) is 0 Å². The molecule has 0 spiro atoms. The molecule has 0 aromatic carbocycles. The molecule has 0 unspecified atom stereocenters. The van der Waals surface area contributed by atoms with E-state index in [2.05, 4.69) is 14.9 Å². The first-order valence-electron chi connectivity index (χ1n) is 6.75. The molecule has 0 bridgehead atoms. The van der Waals surface area contributed by atoms with E-state index in [4.69, 9.17) is 9.47 Å². The average Bonchev–Trinajstić information content (AvgIpc) is 2.47. The fourth-order valence-corrected chi connectivity index (χ4v) is 2.48. The van der Waals surface area contributed by atoms with Gasteiger partial charge in [0, 0.05) is 32.2 Å². The quantitative estimate of drug-likeness (QED) is 0.761. The molecule has 2 saturated heterocycles. The van der Waals surface area contributed by atoms with E-state index in [9.17, 15) is 4.79 Å². The third kappa shape index (κ3) is 2.53. The minimum atomic E-state index is 0.0639. The summed E-state index contributed by atoms with van der Waals surface area (Å²) in [5.41, 5.74) is 0. The highest BCUT2D eigenvalue weighted by atomic mass is 16.5. The number of nitrogens with zero attached hydrogens (tertiary/aromatic N) is 4. The van der Waals surface area contributed by atoms with Crippen LogP contribution in [0.25, 0.3) is 0 Å². The highest BCUT2D eigenvalue weighted by molar-refractivity contribution is 5.82. The highest BCUT2D eigenvalue weighted by Gasteiger charge is 2.36. The Morgan fingerprint density at radius 2 is 2.10 bits per heavy atom. The largest absolute Gasteiger partial charge is 0.481 e. The molecule has 3 rings (SSSR count). The van der Waals surface area contributed by atoms with Gasteiger partial charge in [-0.15, -0.1) is 0 Å². The van der Waals surface area contributed by atoms with Crippen molar-refractivity contribution in [3.63, 3.8) is 0 Å². The zero-order chi connectivity index (χ0) is 13.9. The summed E-state index contributed by atoms with van der Waals surface area (Å²) in [6, 6.07) is 1.79. The predicted octanol–water partition coefficient (Wildman–Crippen LogP) is -0.220. The number of aromatic nitrogens is 2. The smallest absolute Gasteiger partial charge is 0.229 e. The van der Waals surface area contributed by atoms with Gasteiger partial charge in [-0.1, -0.05) is 0 Å². The van der Waals surface area contributed by atoms with E-state index in [0.29, 0.717) is 45.3 Å². The molecule has 108 valence electrons. The van der Waals surface area contributed by atoms with E-state index in [1.807, 2.05) is 4.90 Å². The van der Waals surface area contributed by atoms with Crippen molar-refractivity contribution in [2.75, 3.05) is 51.4 Å². The summed E-state index contributed by atoms with van der Waals surface area (Å²) < 4.78 is 10.3. The molecule has 0 N–H and O–H groups in total. The van der Waals surface area contributed by atoms with E-state index < -0.39 is 0 Å². The van der Waals surface area contributed by atoms with Crippen molar-refractivity contribution < 1.29 is 14.3 Å². The monoisotopic (exact) mass is 278 g/mol. The van der Waals surface area contributed by atoms with Crippen LogP contribution in [0, 0.1) is 5.92 Å². The van der Waals surface area contributed by atoms with Crippen LogP contribution in [0.15, 0.2) is 12.4 Å². The van der Waals surface area contributed by atoms with Crippen LogP contribution < -0.4 is 9.64 Å². The van der Waals surface area contributed by atoms with Gasteiger partial charge in [0.15, 0.2) is 0 Å². The van der Waals surface area contributed by atoms with E-state index in [-0.39, 0.29) is 11.8 Å². The Bertz CT molecular complexity index is 484. The van der Waals surface area contributed by atoms with Crippen LogP contribution >= 0.6 is 0 Å². The Kier molecular flexibility index (Phi) is 3.68. The van der Waals surface area contributed by atoms with Gasteiger partial charge in [0.2, 0.25) is 11.8 Å². The molecule has 7 heteroatoms. The van der Waals surface area contributed by atoms with E-state index in [1.54, 1.807) is 13.2 Å². The van der Waals surface area contributed by atoms with Crippen molar-refractivity contribution in [3.05, 3.63) is 12.4 Å². The second-order valence-corrected chi connectivity index (χ2v) is 4.96. The van der Waals surface area contributed by atoms with Gasteiger partial charge in [-0.2, -0.15) is 0 Å². The Balaban J connectivity index is 1.56. The maximum absolute atomic E-state index is 12.3. The van der Waals surface area contributed by atoms with E-state index in [0.717, 1.165) is 5.82 Å². The molecule has 0 radical (unpaired) electrons. The Hall–Kier alpha value is -1.89. The summed E-state index contributed by atoms with van der Waals surface area (Å²) in [6.45, 7) is 4.11. The third-order valence-electron chi connectivity index (χ3n) is 3.71. The summed E-state index contributed by atoms with van der Waals surface area (Å²) in [6.07, 6.45) is 1.48. The van der Waals surface area contributed by atoms with Crippen molar-refractivity contribution in [2.45, 2.75) is 0 Å². The van der Waals surface area contributed by atoms with Crippen molar-refractivity contribution in [1.29, 1.82) is 0 Å². The van der Waals surface area contributed by atoms with Gasteiger partial charge in [0.1, 0.15) is 12.1 Å². The normalized spacial score (nSPS) is 19.6. The van der Waals surface area contributed by atoms with Gasteiger partial charge in [-0.05, 0) is 0 Å². The number of ether oxygens (including phenoxy) is 2. The number of amides is 1. The molecule has 2 fully saturated rings. The number of carbonyl (C=O) groups is 1. The van der Waals surface area contributed by atoms with E-state index in [1.165, 1.54) is 6.33 Å². The maximum atomic E-state index is 12.3. The van der Waals surface area contributed by atoms with Gasteiger partial charge in [-0.25, -0.2) is 9.97 Å². The average molecular weight is 278 g/mol. The number of methoxy groups -OCH3 is 1. The SMILES string of the molecule is COc1cc(N2CC(C(=O)N3CCOCC3)C2)ncn1. The molecule has 7 nitrogen and oxygen atoms in total. The molecule has 1 aromatic heterocycles. The van der Waals surface area contributed by atoms with Gasteiger partial charge < -0.3 is 19.3 Å². The summed E-state index contributed by atoms with van der Waals surface area (Å²) >= 11 is 0. The molecule has 0 saturated carbocycles. The maximum Gasteiger partial charge on any atom is 0.229 e. The van der Waals surface area contributed by atoms with Crippen LogP contribution in [0.3, 0.4) is 0 Å². The van der Waals surface area contributed by atoms with Gasteiger partial charge in [0.25, 0.3) is 0 Å². The van der Waals surface area contributed by atoms with Crippen molar-refractivity contribution in [3.8, 4) is 5.88 Å². The Labute approximate surface area is 117 Å². The lowest BCUT2D eigenvalue weighted by Crippen LogP contribution is -2.56. The second-order valence-electron chi connectivity index (χ2n) is 4.96. The summed E-state index contributed by atoms with van der Waals surface area (Å²) in [5.74, 6) is 1.64. The molecular weight excluding hydrogens is 260 g/mol. The molecule has 1 amide bonds. The minimum Gasteiger partial charge on any atom is -0.481 e. The van der Waals surface area contributed by atoms with Crippen LogP contribution in [0.4, 0.5) is 5.82 Å². The van der Waals surface area contributed by atoms with Gasteiger partial charge in [0.05, 0.1) is 26.2 Å². The number of rotatable bonds is 3. The molecular formula is C13H18N4O3. The molecule has 0 atom stereocenters. The summed E-state index contributed by atoms with van der Waals surface area (Å²) in [5, 5.41) is 0. The number of hydrogen-bond donors (Lipinski definition) is 0. The van der Waals surface area contributed by atoms with Gasteiger partial charge in [-0.3, -0.25) is 4.79 Å². The van der Waals surface area contributed by atoms with Crippen molar-refractivity contribution in [2.24, 2.45) is 5.92 Å². The van der Waals surface area contributed by atoms with Crippen LogP contribution in [0.1, 0.15) is 0 Å². The van der Waals surface area contributed by atoms with Gasteiger partial charge >= 0.3 is 0 Å². The second kappa shape index (κ2) is 5.62. The number of hydrogen-bond acceptors (Lipinski definition) is 6. The molecule has 1 aromatic rings. The first-order valence-corrected chi connectivity index (χ1v) is 6.75. The molecule has 20 heavy (non-hydrogen) atoms. The zero-order valence-electron chi connectivity index (χ0n) is 11.5. The standard InChI is InChI=1S/C13H18N4O3/c1-19-12-6-11(14-9-15-12)17-7-10(8-17)13(18)16-2-4-20-5-3-16/h6,9-10H,2-5,7-8H2,1H3. The Morgan fingerprint density at radius 1 is 1.35 bits per heavy atom. The lowest BCUT2D eigenvalue weighted by molar-refractivity contribution is -0.140. The van der Waals surface area contributed by atoms with Crippen LogP contribution in [0.5, 0.6) is 5.88 Å². The third-order valence-corrected chi connectivity index (χ3v) is 3.71. The lowest BCUT2D eigenvalue weighted by Gasteiger charge is -2.41. The minimum absolute atomic E-state index is 0.0639. The summed E-state index contributed by atoms with van der Waals surface area (Å²) in [7, 11) is 1.58. The number of morpholine rings is 1. The summed E-state index contributed by atoms with van der Waals surface area (Å²) in [4.78, 5) is 24.4. The fourth-order valence-electron chi connectivity index (χ4n) is 2.48. The lowest BCUT2D eigenvalue weighted by atomic mass is 9.98. The van der Waals surface area contributed by atoms with Crippen LogP contribution in [-0.2, 0) is 9.53 Å². The Morgan fingerprint density at radius 3 is 2.80 bits per heavy atom. The molecule has 0 aliphatic carbocycles. The van der Waals surface area contributed by atoms with Crippen molar-refractivity contribution in [1.82, 2.24) is 14.9 Å².